The predicted molar refractivity (Wildman–Crippen MR) is 66.8 cm³/mol. The molecule has 2 rings (SSSR count). The number of carbonyl (C=O) groups is 1. The van der Waals surface area contributed by atoms with Gasteiger partial charge >= 0.3 is 6.03 Å². The molecule has 0 radical (unpaired) electrons. The van der Waals surface area contributed by atoms with E-state index in [0.717, 1.165) is 18.5 Å². The Morgan fingerprint density at radius 2 is 2.00 bits per heavy atom. The molecule has 0 atom stereocenters. The molecule has 1 fully saturated rings. The van der Waals surface area contributed by atoms with Gasteiger partial charge in [-0.15, -0.1) is 0 Å². The maximum Gasteiger partial charge on any atom is 0.319 e. The lowest BCUT2D eigenvalue weighted by Gasteiger charge is -2.34. The number of ether oxygens (including phenoxy) is 1. The number of rotatable bonds is 3. The summed E-state index contributed by atoms with van der Waals surface area (Å²) in [6.07, 6.45) is 2.05. The third-order valence-corrected chi connectivity index (χ3v) is 2.93. The number of benzene rings is 1. The zero-order chi connectivity index (χ0) is 12.3. The second kappa shape index (κ2) is 5.05. The first-order valence-electron chi connectivity index (χ1n) is 5.63. The van der Waals surface area contributed by atoms with Crippen molar-refractivity contribution in [2.75, 3.05) is 18.2 Å². The fourth-order valence-corrected chi connectivity index (χ4v) is 1.79. The van der Waals surface area contributed by atoms with Crippen LogP contribution < -0.4 is 16.4 Å². The molecular formula is C12H17N3O2. The molecule has 1 aromatic rings. The molecule has 0 aromatic heterocycles. The SMILES string of the molecule is COC1CC(NC(=O)Nc2ccc(N)cc2)C1. The van der Waals surface area contributed by atoms with Crippen molar-refractivity contribution in [3.8, 4) is 0 Å². The Morgan fingerprint density at radius 3 is 2.59 bits per heavy atom. The molecule has 1 aliphatic carbocycles. The normalized spacial score (nSPS) is 22.6. The molecule has 2 amide bonds. The van der Waals surface area contributed by atoms with Crippen LogP contribution in [0, 0.1) is 0 Å². The summed E-state index contributed by atoms with van der Waals surface area (Å²) < 4.78 is 5.14. The molecule has 4 N–H and O–H groups in total. The first-order chi connectivity index (χ1) is 8.17. The molecule has 5 heteroatoms. The summed E-state index contributed by atoms with van der Waals surface area (Å²) in [6.45, 7) is 0. The molecule has 1 aliphatic rings. The van der Waals surface area contributed by atoms with Crippen molar-refractivity contribution in [2.45, 2.75) is 25.0 Å². The summed E-state index contributed by atoms with van der Waals surface area (Å²) in [5.41, 5.74) is 6.97. The van der Waals surface area contributed by atoms with Crippen molar-refractivity contribution < 1.29 is 9.53 Å². The van der Waals surface area contributed by atoms with Gasteiger partial charge in [0.1, 0.15) is 0 Å². The monoisotopic (exact) mass is 235 g/mol. The Hall–Kier alpha value is -1.75. The Bertz CT molecular complexity index is 385. The first kappa shape index (κ1) is 11.7. The van der Waals surface area contributed by atoms with E-state index in [-0.39, 0.29) is 18.2 Å². The molecule has 0 unspecified atom stereocenters. The van der Waals surface area contributed by atoms with E-state index >= 15 is 0 Å². The minimum absolute atomic E-state index is 0.186. The quantitative estimate of drug-likeness (QED) is 0.696. The van der Waals surface area contributed by atoms with Gasteiger partial charge in [-0.1, -0.05) is 0 Å². The molecule has 92 valence electrons. The molecule has 0 aliphatic heterocycles. The number of nitrogens with two attached hydrogens (primary N) is 1. The number of carbonyl (C=O) groups excluding carboxylic acids is 1. The highest BCUT2D eigenvalue weighted by Gasteiger charge is 2.29. The van der Waals surface area contributed by atoms with Gasteiger partial charge in [0.2, 0.25) is 0 Å². The van der Waals surface area contributed by atoms with Gasteiger partial charge in [0, 0.05) is 24.5 Å². The van der Waals surface area contributed by atoms with Gasteiger partial charge in [0.05, 0.1) is 6.10 Å². The average Bonchev–Trinajstić information content (AvgIpc) is 2.26. The number of amides is 2. The van der Waals surface area contributed by atoms with Crippen LogP contribution in [0.1, 0.15) is 12.8 Å². The zero-order valence-corrected chi connectivity index (χ0v) is 9.77. The molecule has 17 heavy (non-hydrogen) atoms. The zero-order valence-electron chi connectivity index (χ0n) is 9.77. The molecule has 0 heterocycles. The van der Waals surface area contributed by atoms with Crippen LogP contribution in [0.25, 0.3) is 0 Å². The Morgan fingerprint density at radius 1 is 1.35 bits per heavy atom. The summed E-state index contributed by atoms with van der Waals surface area (Å²) >= 11 is 0. The first-order valence-corrected chi connectivity index (χ1v) is 5.63. The number of nitrogens with one attached hydrogen (secondary N) is 2. The summed E-state index contributed by atoms with van der Waals surface area (Å²) in [6, 6.07) is 7.07. The number of urea groups is 1. The summed E-state index contributed by atoms with van der Waals surface area (Å²) in [4.78, 5) is 11.6. The van der Waals surface area contributed by atoms with E-state index in [4.69, 9.17) is 10.5 Å². The van der Waals surface area contributed by atoms with E-state index in [9.17, 15) is 4.79 Å². The van der Waals surface area contributed by atoms with Crippen molar-refractivity contribution in [2.24, 2.45) is 0 Å². The number of hydrogen-bond acceptors (Lipinski definition) is 3. The maximum atomic E-state index is 11.6. The van der Waals surface area contributed by atoms with Gasteiger partial charge in [-0.05, 0) is 37.1 Å². The topological polar surface area (TPSA) is 76.4 Å². The van der Waals surface area contributed by atoms with Crippen molar-refractivity contribution in [1.29, 1.82) is 0 Å². The lowest BCUT2D eigenvalue weighted by atomic mass is 9.89. The van der Waals surface area contributed by atoms with Gasteiger partial charge in [-0.25, -0.2) is 4.79 Å². The average molecular weight is 235 g/mol. The maximum absolute atomic E-state index is 11.6. The summed E-state index contributed by atoms with van der Waals surface area (Å²) in [5.74, 6) is 0. The van der Waals surface area contributed by atoms with E-state index in [0.29, 0.717) is 5.69 Å². The van der Waals surface area contributed by atoms with Gasteiger partial charge in [0.25, 0.3) is 0 Å². The van der Waals surface area contributed by atoms with Crippen LogP contribution in [0.2, 0.25) is 0 Å². The van der Waals surface area contributed by atoms with Crippen molar-refractivity contribution in [3.63, 3.8) is 0 Å². The highest BCUT2D eigenvalue weighted by Crippen LogP contribution is 2.22. The second-order valence-electron chi connectivity index (χ2n) is 4.25. The lowest BCUT2D eigenvalue weighted by molar-refractivity contribution is 0.0210. The molecule has 1 saturated carbocycles. The van der Waals surface area contributed by atoms with Crippen LogP contribution in [0.3, 0.4) is 0 Å². The minimum Gasteiger partial charge on any atom is -0.399 e. The summed E-state index contributed by atoms with van der Waals surface area (Å²) in [5, 5.41) is 5.64. The highest BCUT2D eigenvalue weighted by molar-refractivity contribution is 5.89. The second-order valence-corrected chi connectivity index (χ2v) is 4.25. The minimum atomic E-state index is -0.186. The van der Waals surface area contributed by atoms with Gasteiger partial charge < -0.3 is 21.1 Å². The van der Waals surface area contributed by atoms with Crippen LogP contribution in [0.4, 0.5) is 16.2 Å². The van der Waals surface area contributed by atoms with E-state index in [1.807, 2.05) is 0 Å². The van der Waals surface area contributed by atoms with Crippen molar-refractivity contribution in [1.82, 2.24) is 5.32 Å². The Balaban J connectivity index is 1.76. The molecule has 1 aromatic carbocycles. The third-order valence-electron chi connectivity index (χ3n) is 2.93. The molecule has 5 nitrogen and oxygen atoms in total. The smallest absolute Gasteiger partial charge is 0.319 e. The van der Waals surface area contributed by atoms with E-state index in [1.54, 1.807) is 31.4 Å². The van der Waals surface area contributed by atoms with Crippen molar-refractivity contribution >= 4 is 17.4 Å². The number of hydrogen-bond donors (Lipinski definition) is 3. The Kier molecular flexibility index (Phi) is 3.49. The summed E-state index contributed by atoms with van der Waals surface area (Å²) in [7, 11) is 1.69. The number of anilines is 2. The fraction of sp³-hybridized carbons (Fsp3) is 0.417. The number of nitrogen functional groups attached to an aromatic ring is 1. The lowest BCUT2D eigenvalue weighted by Crippen LogP contribution is -2.48. The van der Waals surface area contributed by atoms with Crippen LogP contribution in [-0.2, 0) is 4.74 Å². The standard InChI is InChI=1S/C12H17N3O2/c1-17-11-6-10(7-11)15-12(16)14-9-4-2-8(13)3-5-9/h2-5,10-11H,6-7,13H2,1H3,(H2,14,15,16). The highest BCUT2D eigenvalue weighted by atomic mass is 16.5. The molecule has 0 spiro atoms. The molecular weight excluding hydrogens is 218 g/mol. The third kappa shape index (κ3) is 3.10. The van der Waals surface area contributed by atoms with Crippen molar-refractivity contribution in [3.05, 3.63) is 24.3 Å². The molecule has 0 bridgehead atoms. The van der Waals surface area contributed by atoms with E-state index in [1.165, 1.54) is 0 Å². The van der Waals surface area contributed by atoms with E-state index < -0.39 is 0 Å². The predicted octanol–water partition coefficient (Wildman–Crippen LogP) is 1.57. The van der Waals surface area contributed by atoms with Gasteiger partial charge in [-0.2, -0.15) is 0 Å². The largest absolute Gasteiger partial charge is 0.399 e. The van der Waals surface area contributed by atoms with Crippen LogP contribution in [-0.4, -0.2) is 25.3 Å². The molecule has 0 saturated heterocycles. The van der Waals surface area contributed by atoms with Crippen LogP contribution in [0.5, 0.6) is 0 Å². The van der Waals surface area contributed by atoms with Gasteiger partial charge in [0.15, 0.2) is 0 Å². The van der Waals surface area contributed by atoms with Gasteiger partial charge in [-0.3, -0.25) is 0 Å². The fourth-order valence-electron chi connectivity index (χ4n) is 1.79. The Labute approximate surface area is 100 Å². The van der Waals surface area contributed by atoms with Crippen LogP contribution >= 0.6 is 0 Å². The van der Waals surface area contributed by atoms with E-state index in [2.05, 4.69) is 10.6 Å². The van der Waals surface area contributed by atoms with Crippen LogP contribution in [0.15, 0.2) is 24.3 Å². The number of methoxy groups -OCH3 is 1.